The number of carboxylic acids is 1. The zero-order valence-corrected chi connectivity index (χ0v) is 12.3. The molecule has 0 saturated carbocycles. The highest BCUT2D eigenvalue weighted by Gasteiger charge is 2.46. The number of aromatic carboxylic acids is 1. The number of carbonyl (C=O) groups is 1. The highest BCUT2D eigenvalue weighted by atomic mass is 32.2. The second-order valence-corrected chi connectivity index (χ2v) is 7.17. The Morgan fingerprint density at radius 1 is 1.38 bits per heavy atom. The summed E-state index contributed by atoms with van der Waals surface area (Å²) in [5.41, 5.74) is -1.48. The summed E-state index contributed by atoms with van der Waals surface area (Å²) in [7, 11) is -3.87. The summed E-state index contributed by atoms with van der Waals surface area (Å²) >= 11 is 0. The van der Waals surface area contributed by atoms with Crippen LogP contribution in [0.4, 0.5) is 0 Å². The average Bonchev–Trinajstić information content (AvgIpc) is 2.36. The van der Waals surface area contributed by atoms with Gasteiger partial charge in [-0.1, -0.05) is 13.3 Å². The van der Waals surface area contributed by atoms with Gasteiger partial charge in [-0.25, -0.2) is 13.2 Å². The first-order valence-electron chi connectivity index (χ1n) is 6.48. The Labute approximate surface area is 122 Å². The molecule has 1 aliphatic heterocycles. The summed E-state index contributed by atoms with van der Waals surface area (Å²) in [5.74, 6) is -1.90. The van der Waals surface area contributed by atoms with E-state index in [0.717, 1.165) is 28.9 Å². The van der Waals surface area contributed by atoms with E-state index < -0.39 is 32.9 Å². The Morgan fingerprint density at radius 3 is 2.52 bits per heavy atom. The van der Waals surface area contributed by atoms with Gasteiger partial charge in [0.25, 0.3) is 0 Å². The number of β-amino-alcohol motifs (C(OH)–C–C–N with tert-alkyl or cyclic N) is 1. The fraction of sp³-hybridized carbons (Fsp3) is 0.462. The van der Waals surface area contributed by atoms with Crippen molar-refractivity contribution in [3.05, 3.63) is 23.8 Å². The summed E-state index contributed by atoms with van der Waals surface area (Å²) in [5, 5.41) is 28.4. The molecule has 0 aromatic heterocycles. The van der Waals surface area contributed by atoms with Gasteiger partial charge in [0.1, 0.15) is 11.3 Å². The highest BCUT2D eigenvalue weighted by Crippen LogP contribution is 2.32. The van der Waals surface area contributed by atoms with Gasteiger partial charge in [0.2, 0.25) is 10.0 Å². The molecule has 1 aromatic carbocycles. The third-order valence-corrected chi connectivity index (χ3v) is 5.28. The van der Waals surface area contributed by atoms with Crippen molar-refractivity contribution >= 4 is 16.0 Å². The zero-order valence-electron chi connectivity index (χ0n) is 11.5. The molecular weight excluding hydrogens is 298 g/mol. The number of aromatic hydroxyl groups is 1. The second-order valence-electron chi connectivity index (χ2n) is 5.23. The molecule has 0 unspecified atom stereocenters. The first-order valence-corrected chi connectivity index (χ1v) is 7.92. The number of hydrogen-bond donors (Lipinski definition) is 3. The minimum atomic E-state index is -3.87. The van der Waals surface area contributed by atoms with Crippen LogP contribution in [-0.4, -0.2) is 52.7 Å². The number of phenols is 1. The van der Waals surface area contributed by atoms with Crippen LogP contribution in [0.25, 0.3) is 0 Å². The first-order chi connectivity index (χ1) is 9.69. The predicted octanol–water partition coefficient (Wildman–Crippen LogP) is 0.626. The average molecular weight is 315 g/mol. The van der Waals surface area contributed by atoms with E-state index in [0.29, 0.717) is 6.42 Å². The molecule has 1 fully saturated rings. The van der Waals surface area contributed by atoms with Crippen molar-refractivity contribution in [2.75, 3.05) is 13.1 Å². The van der Waals surface area contributed by atoms with Gasteiger partial charge in [-0.2, -0.15) is 4.31 Å². The topological polar surface area (TPSA) is 115 Å². The van der Waals surface area contributed by atoms with Crippen LogP contribution in [0.1, 0.15) is 30.1 Å². The number of aliphatic hydroxyl groups is 1. The smallest absolute Gasteiger partial charge is 0.339 e. The normalized spacial score (nSPS) is 18.2. The molecule has 1 aliphatic rings. The van der Waals surface area contributed by atoms with Crippen molar-refractivity contribution < 1.29 is 28.5 Å². The van der Waals surface area contributed by atoms with Gasteiger partial charge < -0.3 is 15.3 Å². The molecule has 1 heterocycles. The maximum atomic E-state index is 12.3. The van der Waals surface area contributed by atoms with Gasteiger partial charge >= 0.3 is 5.97 Å². The summed E-state index contributed by atoms with van der Waals surface area (Å²) in [6, 6.07) is 3.10. The van der Waals surface area contributed by atoms with Crippen LogP contribution in [0.3, 0.4) is 0 Å². The van der Waals surface area contributed by atoms with Crippen molar-refractivity contribution in [3.8, 4) is 5.75 Å². The van der Waals surface area contributed by atoms with Gasteiger partial charge in [-0.15, -0.1) is 0 Å². The molecular formula is C13H17NO6S. The Kier molecular flexibility index (Phi) is 3.96. The Balaban J connectivity index is 2.26. The van der Waals surface area contributed by atoms with Crippen LogP contribution in [0.2, 0.25) is 0 Å². The van der Waals surface area contributed by atoms with E-state index >= 15 is 0 Å². The van der Waals surface area contributed by atoms with E-state index in [1.54, 1.807) is 0 Å². The third-order valence-electron chi connectivity index (χ3n) is 3.49. The molecule has 7 nitrogen and oxygen atoms in total. The molecule has 1 saturated heterocycles. The van der Waals surface area contributed by atoms with Gasteiger partial charge in [0.05, 0.1) is 10.5 Å². The van der Waals surface area contributed by atoms with E-state index in [1.165, 1.54) is 0 Å². The van der Waals surface area contributed by atoms with E-state index in [1.807, 2.05) is 6.92 Å². The lowest BCUT2D eigenvalue weighted by Gasteiger charge is -2.45. The monoisotopic (exact) mass is 315 g/mol. The first kappa shape index (κ1) is 15.7. The standard InChI is InChI=1S/C13H17NO6S/c1-2-5-13(18)7-14(8-13)21(19,20)9-3-4-11(15)10(6-9)12(16)17/h3-4,6,15,18H,2,5,7-8H2,1H3,(H,16,17). The lowest BCUT2D eigenvalue weighted by atomic mass is 9.92. The molecule has 0 spiro atoms. The number of hydrogen-bond acceptors (Lipinski definition) is 5. The predicted molar refractivity (Wildman–Crippen MR) is 73.7 cm³/mol. The van der Waals surface area contributed by atoms with Crippen LogP contribution in [0.15, 0.2) is 23.1 Å². The number of benzene rings is 1. The molecule has 0 amide bonds. The van der Waals surface area contributed by atoms with E-state index in [9.17, 15) is 23.4 Å². The summed E-state index contributed by atoms with van der Waals surface area (Å²) in [4.78, 5) is 10.7. The highest BCUT2D eigenvalue weighted by molar-refractivity contribution is 7.89. The van der Waals surface area contributed by atoms with E-state index in [4.69, 9.17) is 5.11 Å². The maximum Gasteiger partial charge on any atom is 0.339 e. The lowest BCUT2D eigenvalue weighted by molar-refractivity contribution is -0.0653. The lowest BCUT2D eigenvalue weighted by Crippen LogP contribution is -2.63. The van der Waals surface area contributed by atoms with Crippen LogP contribution >= 0.6 is 0 Å². The fourth-order valence-corrected chi connectivity index (χ4v) is 4.03. The van der Waals surface area contributed by atoms with Crippen molar-refractivity contribution in [1.29, 1.82) is 0 Å². The quantitative estimate of drug-likeness (QED) is 0.734. The SMILES string of the molecule is CCCC1(O)CN(S(=O)(=O)c2ccc(O)c(C(=O)O)c2)C1. The van der Waals surface area contributed by atoms with Gasteiger partial charge in [0.15, 0.2) is 0 Å². The number of rotatable bonds is 5. The molecule has 21 heavy (non-hydrogen) atoms. The maximum absolute atomic E-state index is 12.3. The van der Waals surface area contributed by atoms with Crippen molar-refractivity contribution in [2.45, 2.75) is 30.3 Å². The zero-order chi connectivity index (χ0) is 15.8. The van der Waals surface area contributed by atoms with Crippen LogP contribution in [0.5, 0.6) is 5.75 Å². The fourth-order valence-electron chi connectivity index (χ4n) is 2.40. The minimum Gasteiger partial charge on any atom is -0.507 e. The summed E-state index contributed by atoms with van der Waals surface area (Å²) in [6.07, 6.45) is 1.25. The largest absolute Gasteiger partial charge is 0.507 e. The molecule has 2 rings (SSSR count). The molecule has 1 aromatic rings. The molecule has 0 bridgehead atoms. The van der Waals surface area contributed by atoms with Gasteiger partial charge in [-0.05, 0) is 24.6 Å². The Bertz CT molecular complexity index is 663. The Hall–Kier alpha value is -1.64. The van der Waals surface area contributed by atoms with Crippen LogP contribution in [0, 0.1) is 0 Å². The molecule has 0 radical (unpaired) electrons. The Morgan fingerprint density at radius 2 is 2.00 bits per heavy atom. The summed E-state index contributed by atoms with van der Waals surface area (Å²) in [6.45, 7) is 1.88. The van der Waals surface area contributed by atoms with Crippen molar-refractivity contribution in [1.82, 2.24) is 4.31 Å². The number of sulfonamides is 1. The second kappa shape index (κ2) is 5.28. The molecule has 8 heteroatoms. The minimum absolute atomic E-state index is 0.00749. The molecule has 116 valence electrons. The van der Waals surface area contributed by atoms with Crippen molar-refractivity contribution in [3.63, 3.8) is 0 Å². The summed E-state index contributed by atoms with van der Waals surface area (Å²) < 4.78 is 25.8. The number of nitrogens with zero attached hydrogens (tertiary/aromatic N) is 1. The van der Waals surface area contributed by atoms with Crippen molar-refractivity contribution in [2.24, 2.45) is 0 Å². The van der Waals surface area contributed by atoms with E-state index in [2.05, 4.69) is 0 Å². The molecule has 0 aliphatic carbocycles. The third kappa shape index (κ3) is 2.87. The van der Waals surface area contributed by atoms with E-state index in [-0.39, 0.29) is 18.0 Å². The molecule has 0 atom stereocenters. The number of carboxylic acid groups (broad SMARTS) is 1. The van der Waals surface area contributed by atoms with Crippen LogP contribution < -0.4 is 0 Å². The van der Waals surface area contributed by atoms with Crippen LogP contribution in [-0.2, 0) is 10.0 Å². The molecule has 3 N–H and O–H groups in total. The van der Waals surface area contributed by atoms with Gasteiger partial charge in [0, 0.05) is 13.1 Å². The van der Waals surface area contributed by atoms with Gasteiger partial charge in [-0.3, -0.25) is 0 Å².